The Morgan fingerprint density at radius 2 is 1.55 bits per heavy atom. The number of carbonyl (C=O) groups excluding carboxylic acids is 1. The maximum Gasteiger partial charge on any atom is 0.261 e. The Bertz CT molecular complexity index is 1210. The van der Waals surface area contributed by atoms with Crippen LogP contribution in [0, 0.1) is 0 Å². The molecule has 0 unspecified atom stereocenters. The van der Waals surface area contributed by atoms with E-state index in [0.29, 0.717) is 16.9 Å². The number of amides is 1. The first-order valence-corrected chi connectivity index (χ1v) is 12.4. The van der Waals surface area contributed by atoms with Crippen molar-refractivity contribution < 1.29 is 13.2 Å². The van der Waals surface area contributed by atoms with Gasteiger partial charge in [0.15, 0.2) is 0 Å². The van der Waals surface area contributed by atoms with Crippen molar-refractivity contribution in [2.75, 3.05) is 43.3 Å². The first-order chi connectivity index (χ1) is 15.9. The van der Waals surface area contributed by atoms with Crippen molar-refractivity contribution in [2.24, 2.45) is 0 Å². The molecule has 1 heterocycles. The molecule has 8 heteroatoms. The Hall–Kier alpha value is -3.20. The topological polar surface area (TPSA) is 81.8 Å². The summed E-state index contributed by atoms with van der Waals surface area (Å²) >= 11 is 0. The van der Waals surface area contributed by atoms with Crippen molar-refractivity contribution in [3.8, 4) is 0 Å². The molecule has 0 aliphatic carbocycles. The van der Waals surface area contributed by atoms with Gasteiger partial charge in [-0.25, -0.2) is 8.42 Å². The molecule has 0 spiro atoms. The molecule has 1 saturated heterocycles. The van der Waals surface area contributed by atoms with Crippen LogP contribution in [0.5, 0.6) is 0 Å². The number of rotatable bonds is 7. The fourth-order valence-corrected chi connectivity index (χ4v) is 4.82. The van der Waals surface area contributed by atoms with Gasteiger partial charge in [0.05, 0.1) is 4.90 Å². The highest BCUT2D eigenvalue weighted by molar-refractivity contribution is 7.92. The Morgan fingerprint density at radius 3 is 2.30 bits per heavy atom. The lowest BCUT2D eigenvalue weighted by Gasteiger charge is -2.32. The van der Waals surface area contributed by atoms with Gasteiger partial charge in [0.1, 0.15) is 0 Å². The number of hydrogen-bond acceptors (Lipinski definition) is 5. The molecule has 0 saturated carbocycles. The number of nitrogens with zero attached hydrogens (tertiary/aromatic N) is 2. The molecule has 0 radical (unpaired) electrons. The van der Waals surface area contributed by atoms with E-state index in [1.54, 1.807) is 36.4 Å². The van der Waals surface area contributed by atoms with E-state index in [2.05, 4.69) is 33.0 Å². The van der Waals surface area contributed by atoms with E-state index in [1.165, 1.54) is 18.2 Å². The second-order valence-electron chi connectivity index (χ2n) is 8.23. The molecular weight excluding hydrogens is 436 g/mol. The van der Waals surface area contributed by atoms with Gasteiger partial charge in [-0.1, -0.05) is 36.4 Å². The van der Waals surface area contributed by atoms with Gasteiger partial charge in [0, 0.05) is 49.7 Å². The van der Waals surface area contributed by atoms with Gasteiger partial charge in [-0.05, 0) is 55.1 Å². The first-order valence-electron chi connectivity index (χ1n) is 10.9. The molecule has 0 atom stereocenters. The minimum Gasteiger partial charge on any atom is -0.322 e. The van der Waals surface area contributed by atoms with Crippen LogP contribution in [0.15, 0.2) is 83.8 Å². The van der Waals surface area contributed by atoms with Crippen molar-refractivity contribution in [3.05, 3.63) is 90.0 Å². The van der Waals surface area contributed by atoms with Gasteiger partial charge in [-0.2, -0.15) is 0 Å². The zero-order valence-electron chi connectivity index (χ0n) is 18.6. The number of anilines is 2. The largest absolute Gasteiger partial charge is 0.322 e. The maximum absolute atomic E-state index is 12.8. The lowest BCUT2D eigenvalue weighted by Crippen LogP contribution is -2.43. The van der Waals surface area contributed by atoms with E-state index in [0.717, 1.165) is 38.3 Å². The first kappa shape index (κ1) is 23.0. The summed E-state index contributed by atoms with van der Waals surface area (Å²) in [6.07, 6.45) is 0. The van der Waals surface area contributed by atoms with Crippen LogP contribution in [-0.2, 0) is 16.6 Å². The second kappa shape index (κ2) is 10.2. The third-order valence-corrected chi connectivity index (χ3v) is 7.01. The predicted molar refractivity (Wildman–Crippen MR) is 131 cm³/mol. The Kier molecular flexibility index (Phi) is 7.08. The fraction of sp³-hybridized carbons (Fsp3) is 0.240. The van der Waals surface area contributed by atoms with Crippen LogP contribution in [0.1, 0.15) is 15.9 Å². The van der Waals surface area contributed by atoms with Crippen LogP contribution in [0.4, 0.5) is 11.4 Å². The van der Waals surface area contributed by atoms with E-state index in [4.69, 9.17) is 0 Å². The summed E-state index contributed by atoms with van der Waals surface area (Å²) in [6, 6.07) is 22.4. The summed E-state index contributed by atoms with van der Waals surface area (Å²) in [6.45, 7) is 5.01. The Labute approximate surface area is 195 Å². The van der Waals surface area contributed by atoms with Crippen LogP contribution < -0.4 is 10.0 Å². The van der Waals surface area contributed by atoms with Crippen molar-refractivity contribution in [1.82, 2.24) is 9.80 Å². The average Bonchev–Trinajstić information content (AvgIpc) is 2.81. The summed E-state index contributed by atoms with van der Waals surface area (Å²) in [5, 5.41) is 2.92. The van der Waals surface area contributed by atoms with Crippen molar-refractivity contribution in [2.45, 2.75) is 11.4 Å². The van der Waals surface area contributed by atoms with Gasteiger partial charge < -0.3 is 10.2 Å². The van der Waals surface area contributed by atoms with Gasteiger partial charge >= 0.3 is 0 Å². The number of carbonyl (C=O) groups is 1. The van der Waals surface area contributed by atoms with Crippen LogP contribution in [-0.4, -0.2) is 57.4 Å². The molecule has 1 amide bonds. The summed E-state index contributed by atoms with van der Waals surface area (Å²) < 4.78 is 27.7. The smallest absolute Gasteiger partial charge is 0.261 e. The van der Waals surface area contributed by atoms with Crippen molar-refractivity contribution >= 4 is 27.3 Å². The molecule has 1 aliphatic rings. The molecule has 2 N–H and O–H groups in total. The minimum absolute atomic E-state index is 0.164. The van der Waals surface area contributed by atoms with E-state index in [1.807, 2.05) is 18.2 Å². The second-order valence-corrected chi connectivity index (χ2v) is 9.92. The monoisotopic (exact) mass is 464 g/mol. The highest BCUT2D eigenvalue weighted by atomic mass is 32.2. The van der Waals surface area contributed by atoms with E-state index >= 15 is 0 Å². The average molecular weight is 465 g/mol. The highest BCUT2D eigenvalue weighted by Crippen LogP contribution is 2.19. The number of nitrogens with one attached hydrogen (secondary N) is 2. The lowest BCUT2D eigenvalue weighted by molar-refractivity contribution is 0.102. The number of likely N-dealkylation sites (N-methyl/N-ethyl adjacent to an activating group) is 1. The minimum atomic E-state index is -3.73. The van der Waals surface area contributed by atoms with Crippen molar-refractivity contribution in [1.29, 1.82) is 0 Å². The molecule has 0 bridgehead atoms. The van der Waals surface area contributed by atoms with Crippen LogP contribution in [0.2, 0.25) is 0 Å². The van der Waals surface area contributed by atoms with Crippen LogP contribution in [0.25, 0.3) is 0 Å². The van der Waals surface area contributed by atoms with E-state index in [9.17, 15) is 13.2 Å². The van der Waals surface area contributed by atoms with Gasteiger partial charge in [0.2, 0.25) is 0 Å². The summed E-state index contributed by atoms with van der Waals surface area (Å²) in [5.41, 5.74) is 2.55. The quantitative estimate of drug-likeness (QED) is 0.560. The number of piperazine rings is 1. The molecule has 33 heavy (non-hydrogen) atoms. The zero-order valence-corrected chi connectivity index (χ0v) is 19.4. The molecular formula is C25H28N4O3S. The molecule has 1 fully saturated rings. The lowest BCUT2D eigenvalue weighted by atomic mass is 10.1. The van der Waals surface area contributed by atoms with Gasteiger partial charge in [-0.15, -0.1) is 0 Å². The number of hydrogen-bond donors (Lipinski definition) is 2. The number of sulfonamides is 1. The predicted octanol–water partition coefficient (Wildman–Crippen LogP) is 3.49. The summed E-state index contributed by atoms with van der Waals surface area (Å²) in [7, 11) is -1.59. The standard InChI is InChI=1S/C25H28N4O3S/c1-28-13-15-29(16-14-28)19-20-7-5-9-22(17-20)26-25(30)21-8-6-10-23(18-21)27-33(31,32)24-11-3-2-4-12-24/h2-12,17-18,27H,13-16,19H2,1H3,(H,26,30). The highest BCUT2D eigenvalue weighted by Gasteiger charge is 2.16. The SMILES string of the molecule is CN1CCN(Cc2cccc(NC(=O)c3cccc(NS(=O)(=O)c4ccccc4)c3)c2)CC1. The van der Waals surface area contributed by atoms with Crippen LogP contribution >= 0.6 is 0 Å². The normalized spacial score (nSPS) is 15.2. The van der Waals surface area contributed by atoms with E-state index < -0.39 is 10.0 Å². The Balaban J connectivity index is 1.42. The van der Waals surface area contributed by atoms with Gasteiger partial charge in [-0.3, -0.25) is 14.4 Å². The molecule has 3 aromatic rings. The Morgan fingerprint density at radius 1 is 0.848 bits per heavy atom. The molecule has 7 nitrogen and oxygen atoms in total. The number of benzene rings is 3. The molecule has 3 aromatic carbocycles. The summed E-state index contributed by atoms with van der Waals surface area (Å²) in [4.78, 5) is 17.7. The maximum atomic E-state index is 12.8. The summed E-state index contributed by atoms with van der Waals surface area (Å²) in [5.74, 6) is -0.299. The molecule has 172 valence electrons. The zero-order chi connectivity index (χ0) is 23.3. The van der Waals surface area contributed by atoms with Crippen molar-refractivity contribution in [3.63, 3.8) is 0 Å². The van der Waals surface area contributed by atoms with Gasteiger partial charge in [0.25, 0.3) is 15.9 Å². The van der Waals surface area contributed by atoms with Crippen LogP contribution in [0.3, 0.4) is 0 Å². The third kappa shape index (κ3) is 6.19. The molecule has 1 aliphatic heterocycles. The molecule has 0 aromatic heterocycles. The third-order valence-electron chi connectivity index (χ3n) is 5.62. The molecule has 4 rings (SSSR count). The van der Waals surface area contributed by atoms with E-state index in [-0.39, 0.29) is 10.8 Å². The fourth-order valence-electron chi connectivity index (χ4n) is 3.75.